The van der Waals surface area contributed by atoms with Gasteiger partial charge in [0.1, 0.15) is 5.54 Å². The van der Waals surface area contributed by atoms with E-state index in [1.807, 2.05) is 6.92 Å². The molecule has 0 bridgehead atoms. The van der Waals surface area contributed by atoms with Gasteiger partial charge in [-0.25, -0.2) is 4.79 Å². The Labute approximate surface area is 141 Å². The van der Waals surface area contributed by atoms with Gasteiger partial charge in [0.15, 0.2) is 0 Å². The molecule has 0 saturated heterocycles. The van der Waals surface area contributed by atoms with E-state index in [4.69, 9.17) is 16.3 Å². The van der Waals surface area contributed by atoms with Gasteiger partial charge in [0.05, 0.1) is 12.5 Å². The van der Waals surface area contributed by atoms with Crippen LogP contribution in [0.15, 0.2) is 18.2 Å². The molecule has 2 rings (SSSR count). The van der Waals surface area contributed by atoms with Crippen LogP contribution in [-0.2, 0) is 20.7 Å². The highest BCUT2D eigenvalue weighted by Crippen LogP contribution is 2.30. The van der Waals surface area contributed by atoms with Crippen LogP contribution in [0.1, 0.15) is 36.8 Å². The number of hydrogen-bond acceptors (Lipinski definition) is 3. The van der Waals surface area contributed by atoms with Gasteiger partial charge in [0.2, 0.25) is 5.91 Å². The van der Waals surface area contributed by atoms with Crippen molar-refractivity contribution in [3.05, 3.63) is 34.3 Å². The van der Waals surface area contributed by atoms with Crippen LogP contribution in [0.25, 0.3) is 0 Å². The highest BCUT2D eigenvalue weighted by molar-refractivity contribution is 6.30. The molecule has 1 aliphatic rings. The van der Waals surface area contributed by atoms with Crippen LogP contribution in [0.2, 0.25) is 5.02 Å². The second-order valence-corrected chi connectivity index (χ2v) is 6.55. The quantitative estimate of drug-likeness (QED) is 0.864. The van der Waals surface area contributed by atoms with Crippen molar-refractivity contribution in [1.82, 2.24) is 5.32 Å². The molecule has 1 amide bonds. The molecule has 5 nitrogen and oxygen atoms in total. The molecule has 0 heterocycles. The average Bonchev–Trinajstić information content (AvgIpc) is 2.50. The number of aryl methyl sites for hydroxylation is 1. The average molecular weight is 340 g/mol. The van der Waals surface area contributed by atoms with E-state index in [9.17, 15) is 14.7 Å². The molecule has 23 heavy (non-hydrogen) atoms. The molecule has 1 aromatic carbocycles. The number of carboxylic acid groups (broad SMARTS) is 1. The van der Waals surface area contributed by atoms with E-state index in [0.29, 0.717) is 30.7 Å². The van der Waals surface area contributed by atoms with E-state index in [1.165, 1.54) is 0 Å². The third-order valence-corrected chi connectivity index (χ3v) is 4.80. The molecular weight excluding hydrogens is 318 g/mol. The van der Waals surface area contributed by atoms with E-state index >= 15 is 0 Å². The van der Waals surface area contributed by atoms with Crippen molar-refractivity contribution < 1.29 is 19.4 Å². The van der Waals surface area contributed by atoms with Gasteiger partial charge in [-0.05, 0) is 55.9 Å². The number of aliphatic carboxylic acids is 1. The lowest BCUT2D eigenvalue weighted by molar-refractivity contribution is -0.150. The molecule has 0 aliphatic heterocycles. The third kappa shape index (κ3) is 4.24. The summed E-state index contributed by atoms with van der Waals surface area (Å²) < 4.78 is 5.27. The van der Waals surface area contributed by atoms with Crippen LogP contribution in [-0.4, -0.2) is 35.7 Å². The first-order chi connectivity index (χ1) is 10.9. The summed E-state index contributed by atoms with van der Waals surface area (Å²) in [6.45, 7) is 1.88. The Morgan fingerprint density at radius 3 is 2.57 bits per heavy atom. The third-order valence-electron chi connectivity index (χ3n) is 4.56. The predicted molar refractivity (Wildman–Crippen MR) is 87.7 cm³/mol. The summed E-state index contributed by atoms with van der Waals surface area (Å²) in [4.78, 5) is 24.0. The first kappa shape index (κ1) is 17.8. The van der Waals surface area contributed by atoms with Crippen LogP contribution in [0.3, 0.4) is 0 Å². The summed E-state index contributed by atoms with van der Waals surface area (Å²) in [5.74, 6) is -1.26. The standard InChI is InChI=1S/C17H22ClNO4/c1-11-9-13(18)4-3-12(11)10-15(20)19-17(16(21)22)7-5-14(23-2)6-8-17/h3-4,9,14H,5-8,10H2,1-2H3,(H,19,20)(H,21,22). The van der Waals surface area contributed by atoms with Crippen LogP contribution in [0, 0.1) is 6.92 Å². The summed E-state index contributed by atoms with van der Waals surface area (Å²) >= 11 is 5.91. The minimum Gasteiger partial charge on any atom is -0.480 e. The van der Waals surface area contributed by atoms with E-state index in [1.54, 1.807) is 25.3 Å². The number of carbonyl (C=O) groups is 2. The molecule has 0 aromatic heterocycles. The molecule has 0 atom stereocenters. The minimum absolute atomic E-state index is 0.0675. The lowest BCUT2D eigenvalue weighted by atomic mass is 9.80. The van der Waals surface area contributed by atoms with Gasteiger partial charge in [0, 0.05) is 12.1 Å². The fourth-order valence-electron chi connectivity index (χ4n) is 3.05. The highest BCUT2D eigenvalue weighted by atomic mass is 35.5. The van der Waals surface area contributed by atoms with Crippen molar-refractivity contribution in [2.24, 2.45) is 0 Å². The molecule has 126 valence electrons. The van der Waals surface area contributed by atoms with Gasteiger partial charge in [-0.3, -0.25) is 4.79 Å². The number of carbonyl (C=O) groups excluding carboxylic acids is 1. The summed E-state index contributed by atoms with van der Waals surface area (Å²) in [5.41, 5.74) is 0.574. The normalized spacial score (nSPS) is 24.2. The second kappa shape index (κ2) is 7.32. The number of carboxylic acids is 1. The molecule has 0 spiro atoms. The van der Waals surface area contributed by atoms with Gasteiger partial charge in [-0.15, -0.1) is 0 Å². The van der Waals surface area contributed by atoms with Crippen molar-refractivity contribution in [3.63, 3.8) is 0 Å². The van der Waals surface area contributed by atoms with Gasteiger partial charge in [0.25, 0.3) is 0 Å². The summed E-state index contributed by atoms with van der Waals surface area (Å²) in [6.07, 6.45) is 2.23. The molecule has 0 unspecified atom stereocenters. The molecule has 1 aliphatic carbocycles. The maximum atomic E-state index is 12.3. The Balaban J connectivity index is 2.05. The van der Waals surface area contributed by atoms with Crippen molar-refractivity contribution in [3.8, 4) is 0 Å². The molecule has 0 radical (unpaired) electrons. The molecule has 1 aromatic rings. The van der Waals surface area contributed by atoms with Crippen LogP contribution >= 0.6 is 11.6 Å². The molecule has 1 saturated carbocycles. The monoisotopic (exact) mass is 339 g/mol. The van der Waals surface area contributed by atoms with Crippen molar-refractivity contribution in [2.75, 3.05) is 7.11 Å². The summed E-state index contributed by atoms with van der Waals surface area (Å²) in [6, 6.07) is 5.32. The van der Waals surface area contributed by atoms with Crippen molar-refractivity contribution in [1.29, 1.82) is 0 Å². The van der Waals surface area contributed by atoms with Gasteiger partial charge in [-0.1, -0.05) is 17.7 Å². The zero-order chi connectivity index (χ0) is 17.0. The maximum Gasteiger partial charge on any atom is 0.329 e. The van der Waals surface area contributed by atoms with Gasteiger partial charge >= 0.3 is 5.97 Å². The lowest BCUT2D eigenvalue weighted by Gasteiger charge is -2.37. The van der Waals surface area contributed by atoms with Crippen molar-refractivity contribution >= 4 is 23.5 Å². The first-order valence-corrected chi connectivity index (χ1v) is 8.06. The fourth-order valence-corrected chi connectivity index (χ4v) is 3.28. The zero-order valence-electron chi connectivity index (χ0n) is 13.4. The number of halogens is 1. The molecule has 1 fully saturated rings. The van der Waals surface area contributed by atoms with E-state index in [2.05, 4.69) is 5.32 Å². The number of ether oxygens (including phenoxy) is 1. The SMILES string of the molecule is COC1CCC(NC(=O)Cc2ccc(Cl)cc2C)(C(=O)O)CC1. The van der Waals surface area contributed by atoms with Gasteiger partial charge < -0.3 is 15.2 Å². The second-order valence-electron chi connectivity index (χ2n) is 6.12. The summed E-state index contributed by atoms with van der Waals surface area (Å²) in [7, 11) is 1.63. The Hall–Kier alpha value is -1.59. The number of rotatable bonds is 5. The smallest absolute Gasteiger partial charge is 0.329 e. The van der Waals surface area contributed by atoms with E-state index in [-0.39, 0.29) is 18.4 Å². The summed E-state index contributed by atoms with van der Waals surface area (Å²) in [5, 5.41) is 12.9. The van der Waals surface area contributed by atoms with Crippen LogP contribution in [0.5, 0.6) is 0 Å². The maximum absolute atomic E-state index is 12.3. The van der Waals surface area contributed by atoms with Crippen LogP contribution in [0.4, 0.5) is 0 Å². The largest absolute Gasteiger partial charge is 0.480 e. The topological polar surface area (TPSA) is 75.6 Å². The minimum atomic E-state index is -1.19. The predicted octanol–water partition coefficient (Wildman–Crippen LogP) is 2.72. The zero-order valence-corrected chi connectivity index (χ0v) is 14.2. The van der Waals surface area contributed by atoms with E-state index in [0.717, 1.165) is 11.1 Å². The fraction of sp³-hybridized carbons (Fsp3) is 0.529. The highest BCUT2D eigenvalue weighted by Gasteiger charge is 2.43. The van der Waals surface area contributed by atoms with Crippen molar-refractivity contribution in [2.45, 2.75) is 50.7 Å². The number of methoxy groups -OCH3 is 1. The first-order valence-electron chi connectivity index (χ1n) is 7.68. The Morgan fingerprint density at radius 1 is 1.39 bits per heavy atom. The Bertz CT molecular complexity index is 594. The van der Waals surface area contributed by atoms with Gasteiger partial charge in [-0.2, -0.15) is 0 Å². The molecule has 6 heteroatoms. The number of amides is 1. The molecular formula is C17H22ClNO4. The number of benzene rings is 1. The Morgan fingerprint density at radius 2 is 2.04 bits per heavy atom. The lowest BCUT2D eigenvalue weighted by Crippen LogP contribution is -2.57. The number of nitrogens with one attached hydrogen (secondary N) is 1. The van der Waals surface area contributed by atoms with Crippen LogP contribution < -0.4 is 5.32 Å². The molecule has 2 N–H and O–H groups in total. The van der Waals surface area contributed by atoms with E-state index < -0.39 is 11.5 Å². The Kier molecular flexibility index (Phi) is 5.65. The number of hydrogen-bond donors (Lipinski definition) is 2.